The molecule has 10 nitrogen and oxygen atoms in total. The molecule has 0 heterocycles. The van der Waals surface area contributed by atoms with Crippen LogP contribution in [0.15, 0.2) is 0 Å². The molecule has 0 aromatic rings. The smallest absolute Gasteiger partial charge is 0.369 e. The molecule has 0 spiro atoms. The SMILES string of the molecule is O=[Se](=O)([O-])[O-].O=[Se](=O)([O-])[O-].[Fe+2].[NH4+].[NH4+]. The summed E-state index contributed by atoms with van der Waals surface area (Å²) in [6, 6.07) is 0. The molecule has 0 aromatic heterocycles. The normalized spacial score (nSPS) is 8.92. The summed E-state index contributed by atoms with van der Waals surface area (Å²) in [6.45, 7) is 0. The average Bonchev–Trinajstić information content (AvgIpc) is 1.12. The van der Waals surface area contributed by atoms with Crippen LogP contribution in [-0.2, 0) is 32.4 Å². The van der Waals surface area contributed by atoms with E-state index in [1.165, 1.54) is 0 Å². The number of hydrogen-bond acceptors (Lipinski definition) is 8. The van der Waals surface area contributed by atoms with E-state index in [2.05, 4.69) is 0 Å². The molecule has 0 bridgehead atoms. The second kappa shape index (κ2) is 10.6. The third-order valence-corrected chi connectivity index (χ3v) is 0. The second-order valence-electron chi connectivity index (χ2n) is 0.816. The second-order valence-corrected chi connectivity index (χ2v) is 4.24. The van der Waals surface area contributed by atoms with Gasteiger partial charge in [0.05, 0.1) is 0 Å². The minimum absolute atomic E-state index is 0. The predicted molar refractivity (Wildman–Crippen MR) is 26.2 cm³/mol. The molecule has 0 fully saturated rings. The fraction of sp³-hybridized carbons (Fsp3) is 0. The summed E-state index contributed by atoms with van der Waals surface area (Å²) in [5.41, 5.74) is 0. The van der Waals surface area contributed by atoms with Gasteiger partial charge in [-0.05, 0) is 0 Å². The summed E-state index contributed by atoms with van der Waals surface area (Å²) in [4.78, 5) is 0. The molecule has 0 radical (unpaired) electrons. The summed E-state index contributed by atoms with van der Waals surface area (Å²) < 4.78 is 68.8. The molecule has 13 heteroatoms. The van der Waals surface area contributed by atoms with Crippen molar-refractivity contribution in [1.82, 2.24) is 12.3 Å². The molecule has 0 saturated heterocycles. The summed E-state index contributed by atoms with van der Waals surface area (Å²) >= 11 is -11.5. The van der Waals surface area contributed by atoms with Crippen LogP contribution >= 0.6 is 0 Å². The van der Waals surface area contributed by atoms with Gasteiger partial charge in [0.2, 0.25) is 0 Å². The summed E-state index contributed by atoms with van der Waals surface area (Å²) in [6.07, 6.45) is 0. The molecule has 0 unspecified atom stereocenters. The van der Waals surface area contributed by atoms with Crippen molar-refractivity contribution in [3.63, 3.8) is 0 Å². The van der Waals surface area contributed by atoms with Crippen LogP contribution in [-0.4, -0.2) is 26.7 Å². The van der Waals surface area contributed by atoms with Gasteiger partial charge < -0.3 is 12.3 Å². The van der Waals surface area contributed by atoms with E-state index < -0.39 is 26.7 Å². The molecule has 8 N–H and O–H groups in total. The number of rotatable bonds is 0. The molecule has 0 amide bonds. The molecular weight excluding hydrogens is 370 g/mol. The first-order valence-electron chi connectivity index (χ1n) is 1.33. The molecule has 0 rings (SSSR count). The quantitative estimate of drug-likeness (QED) is 0.385. The maximum absolute atomic E-state index is 8.59. The molecule has 13 heavy (non-hydrogen) atoms. The van der Waals surface area contributed by atoms with Gasteiger partial charge in [-0.25, -0.2) is 0 Å². The Morgan fingerprint density at radius 3 is 0.615 bits per heavy atom. The van der Waals surface area contributed by atoms with Gasteiger partial charge in [0.1, 0.15) is 0 Å². The van der Waals surface area contributed by atoms with Gasteiger partial charge in [-0.3, -0.25) is 0 Å². The fourth-order valence-corrected chi connectivity index (χ4v) is 0. The Morgan fingerprint density at radius 2 is 0.615 bits per heavy atom. The molecular formula is H8FeN2O8Se2. The number of quaternary nitrogens is 2. The Hall–Kier alpha value is 0.518. The van der Waals surface area contributed by atoms with Gasteiger partial charge in [-0.2, -0.15) is 0 Å². The third-order valence-electron chi connectivity index (χ3n) is 0. The van der Waals surface area contributed by atoms with E-state index in [0.29, 0.717) is 0 Å². The molecule has 0 aromatic carbocycles. The van der Waals surface area contributed by atoms with Crippen LogP contribution in [0.25, 0.3) is 0 Å². The van der Waals surface area contributed by atoms with E-state index in [-0.39, 0.29) is 29.4 Å². The standard InChI is InChI=1S/Fe.2H3N.2H2O4Se/c;;;2*1-5(2,3)4/h;2*1H3;2*(H2,1,2,3,4)/q+2;;;;/p-2. The molecule has 0 atom stereocenters. The molecule has 0 aliphatic rings. The van der Waals surface area contributed by atoms with Gasteiger partial charge in [0.25, 0.3) is 0 Å². The van der Waals surface area contributed by atoms with Crippen molar-refractivity contribution >= 4 is 26.7 Å². The van der Waals surface area contributed by atoms with Crippen LogP contribution < -0.4 is 29.1 Å². The van der Waals surface area contributed by atoms with Gasteiger partial charge in [0.15, 0.2) is 0 Å². The van der Waals surface area contributed by atoms with Gasteiger partial charge in [-0.1, -0.05) is 0 Å². The minimum atomic E-state index is -5.75. The van der Waals surface area contributed by atoms with E-state index in [1.807, 2.05) is 0 Å². The first kappa shape index (κ1) is 29.2. The topological polar surface area (TPSA) is 234 Å². The first-order chi connectivity index (χ1) is 4.00. The first-order valence-corrected chi connectivity index (χ1v) is 6.93. The van der Waals surface area contributed by atoms with Crippen molar-refractivity contribution in [1.29, 1.82) is 0 Å². The van der Waals surface area contributed by atoms with Crippen molar-refractivity contribution in [2.24, 2.45) is 0 Å². The van der Waals surface area contributed by atoms with Crippen LogP contribution in [0, 0.1) is 0 Å². The average molecular weight is 378 g/mol. The van der Waals surface area contributed by atoms with Crippen molar-refractivity contribution in [3.8, 4) is 0 Å². The fourth-order valence-electron chi connectivity index (χ4n) is 0. The van der Waals surface area contributed by atoms with E-state index in [1.54, 1.807) is 0 Å². The van der Waals surface area contributed by atoms with Crippen LogP contribution in [0.1, 0.15) is 0 Å². The zero-order valence-corrected chi connectivity index (χ0v) is 11.0. The number of hydrogen-bond donors (Lipinski definition) is 2. The van der Waals surface area contributed by atoms with Crippen LogP contribution in [0.2, 0.25) is 0 Å². The molecule has 0 saturated carbocycles. The largest absolute Gasteiger partial charge is 2.00 e. The molecule has 0 aliphatic carbocycles. The van der Waals surface area contributed by atoms with Crippen molar-refractivity contribution < 1.29 is 49.2 Å². The maximum Gasteiger partial charge on any atom is 2.00 e. The predicted octanol–water partition coefficient (Wildman–Crippen LogP) is -5.24. The summed E-state index contributed by atoms with van der Waals surface area (Å²) in [7, 11) is 0. The zero-order chi connectivity index (χ0) is 9.00. The third kappa shape index (κ3) is 5150. The van der Waals surface area contributed by atoms with Crippen molar-refractivity contribution in [3.05, 3.63) is 0 Å². The van der Waals surface area contributed by atoms with Crippen molar-refractivity contribution in [2.45, 2.75) is 0 Å². The van der Waals surface area contributed by atoms with E-state index in [4.69, 9.17) is 32.1 Å². The van der Waals surface area contributed by atoms with E-state index in [9.17, 15) is 0 Å². The Bertz CT molecular complexity index is 217. The van der Waals surface area contributed by atoms with Gasteiger partial charge in [-0.15, -0.1) is 0 Å². The Morgan fingerprint density at radius 1 is 0.615 bits per heavy atom. The monoisotopic (exact) mass is 380 g/mol. The van der Waals surface area contributed by atoms with Crippen LogP contribution in [0.5, 0.6) is 0 Å². The van der Waals surface area contributed by atoms with E-state index >= 15 is 0 Å². The van der Waals surface area contributed by atoms with Crippen LogP contribution in [0.3, 0.4) is 0 Å². The van der Waals surface area contributed by atoms with Crippen molar-refractivity contribution in [2.75, 3.05) is 0 Å². The minimum Gasteiger partial charge on any atom is -0.369 e. The van der Waals surface area contributed by atoms with Gasteiger partial charge in [0, 0.05) is 0 Å². The van der Waals surface area contributed by atoms with E-state index in [0.717, 1.165) is 0 Å². The maximum atomic E-state index is 8.59. The Kier molecular flexibility index (Phi) is 23.8. The van der Waals surface area contributed by atoms with Crippen LogP contribution in [0.4, 0.5) is 0 Å². The van der Waals surface area contributed by atoms with Gasteiger partial charge >= 0.3 is 75.9 Å². The zero-order valence-electron chi connectivity index (χ0n) is 6.44. The molecule has 86 valence electrons. The summed E-state index contributed by atoms with van der Waals surface area (Å²) in [5, 5.41) is 0. The summed E-state index contributed by atoms with van der Waals surface area (Å²) in [5.74, 6) is 0. The molecule has 0 aliphatic heterocycles. The Balaban J connectivity index is -0.0000000267. The Labute approximate surface area is 88.2 Å².